The molecular weight excluding hydrogens is 470 g/mol. The molecular formula is C25H33N3O4S2. The lowest BCUT2D eigenvalue weighted by Crippen LogP contribution is -2.40. The Morgan fingerprint density at radius 3 is 2.21 bits per heavy atom. The molecule has 2 aromatic carbocycles. The van der Waals surface area contributed by atoms with Crippen molar-refractivity contribution in [3.63, 3.8) is 0 Å². The molecule has 1 fully saturated rings. The van der Waals surface area contributed by atoms with Crippen LogP contribution >= 0.6 is 11.8 Å². The lowest BCUT2D eigenvalue weighted by Gasteiger charge is -2.22. The fourth-order valence-electron chi connectivity index (χ4n) is 3.85. The summed E-state index contributed by atoms with van der Waals surface area (Å²) in [5, 5.41) is 2.86. The maximum absolute atomic E-state index is 13.3. The van der Waals surface area contributed by atoms with E-state index in [1.807, 2.05) is 31.9 Å². The molecule has 2 aromatic rings. The molecule has 0 bridgehead atoms. The monoisotopic (exact) mass is 503 g/mol. The average Bonchev–Trinajstić information content (AvgIpc) is 3.06. The molecule has 34 heavy (non-hydrogen) atoms. The number of anilines is 1. The summed E-state index contributed by atoms with van der Waals surface area (Å²) in [5.74, 6) is -0.520. The first-order valence-corrected chi connectivity index (χ1v) is 14.1. The van der Waals surface area contributed by atoms with Gasteiger partial charge >= 0.3 is 0 Å². The quantitative estimate of drug-likeness (QED) is 0.555. The van der Waals surface area contributed by atoms with Crippen molar-refractivity contribution in [3.8, 4) is 0 Å². The van der Waals surface area contributed by atoms with E-state index in [0.29, 0.717) is 18.7 Å². The molecule has 0 unspecified atom stereocenters. The Bertz CT molecular complexity index is 1150. The van der Waals surface area contributed by atoms with Gasteiger partial charge in [0, 0.05) is 23.5 Å². The van der Waals surface area contributed by atoms with Crippen molar-refractivity contribution < 1.29 is 18.0 Å². The zero-order valence-electron chi connectivity index (χ0n) is 20.2. The predicted octanol–water partition coefficient (Wildman–Crippen LogP) is 4.75. The van der Waals surface area contributed by atoms with E-state index in [-0.39, 0.29) is 28.0 Å². The number of carbonyl (C=O) groups is 2. The molecule has 0 aliphatic carbocycles. The number of rotatable bonds is 6. The second kappa shape index (κ2) is 10.8. The summed E-state index contributed by atoms with van der Waals surface area (Å²) in [6.45, 7) is 6.92. The van der Waals surface area contributed by atoms with Crippen molar-refractivity contribution >= 4 is 39.3 Å². The van der Waals surface area contributed by atoms with Crippen molar-refractivity contribution in [2.45, 2.75) is 61.8 Å². The van der Waals surface area contributed by atoms with Crippen molar-refractivity contribution in [1.29, 1.82) is 0 Å². The van der Waals surface area contributed by atoms with E-state index in [1.165, 1.54) is 23.9 Å². The van der Waals surface area contributed by atoms with Crippen molar-refractivity contribution in [1.82, 2.24) is 10.2 Å². The molecule has 0 spiro atoms. The van der Waals surface area contributed by atoms with E-state index in [0.717, 1.165) is 30.6 Å². The van der Waals surface area contributed by atoms with Gasteiger partial charge in [-0.2, -0.15) is 0 Å². The van der Waals surface area contributed by atoms with Crippen LogP contribution in [-0.2, 0) is 10.0 Å². The number of amides is 2. The van der Waals surface area contributed by atoms with Gasteiger partial charge in [0.05, 0.1) is 21.7 Å². The molecule has 3 rings (SSSR count). The van der Waals surface area contributed by atoms with Crippen LogP contribution in [-0.4, -0.2) is 50.0 Å². The number of hydrogen-bond acceptors (Lipinski definition) is 5. The number of likely N-dealkylation sites (tertiary alicyclic amines) is 1. The Balaban J connectivity index is 1.93. The summed E-state index contributed by atoms with van der Waals surface area (Å²) in [7, 11) is -4.04. The lowest BCUT2D eigenvalue weighted by molar-refractivity contribution is 0.0757. The van der Waals surface area contributed by atoms with Gasteiger partial charge in [0.2, 0.25) is 0 Å². The highest BCUT2D eigenvalue weighted by molar-refractivity contribution is 7.98. The second-order valence-corrected chi connectivity index (χ2v) is 12.0. The number of nitrogens with zero attached hydrogens (tertiary/aromatic N) is 1. The molecule has 0 saturated carbocycles. The van der Waals surface area contributed by atoms with Gasteiger partial charge < -0.3 is 10.2 Å². The summed E-state index contributed by atoms with van der Waals surface area (Å²) in [6, 6.07) is 11.1. The first-order valence-electron chi connectivity index (χ1n) is 11.4. The van der Waals surface area contributed by atoms with Gasteiger partial charge in [0.15, 0.2) is 0 Å². The molecule has 7 nitrogen and oxygen atoms in total. The normalized spacial score (nSPS) is 14.9. The van der Waals surface area contributed by atoms with Crippen LogP contribution in [0.2, 0.25) is 0 Å². The van der Waals surface area contributed by atoms with Gasteiger partial charge in [0.25, 0.3) is 21.8 Å². The third-order valence-corrected chi connectivity index (χ3v) is 7.67. The summed E-state index contributed by atoms with van der Waals surface area (Å²) in [6.07, 6.45) is 5.96. The van der Waals surface area contributed by atoms with E-state index < -0.39 is 15.6 Å². The smallest absolute Gasteiger partial charge is 0.261 e. The Kier molecular flexibility index (Phi) is 8.30. The highest BCUT2D eigenvalue weighted by Crippen LogP contribution is 2.28. The third-order valence-electron chi connectivity index (χ3n) is 5.51. The summed E-state index contributed by atoms with van der Waals surface area (Å²) < 4.78 is 29.1. The van der Waals surface area contributed by atoms with Gasteiger partial charge in [-0.1, -0.05) is 25.0 Å². The van der Waals surface area contributed by atoms with Gasteiger partial charge in [-0.3, -0.25) is 14.3 Å². The predicted molar refractivity (Wildman–Crippen MR) is 137 cm³/mol. The van der Waals surface area contributed by atoms with Crippen LogP contribution in [0.1, 0.15) is 67.2 Å². The Hall–Kier alpha value is -2.52. The minimum absolute atomic E-state index is 0.0190. The molecule has 2 amide bonds. The highest BCUT2D eigenvalue weighted by Gasteiger charge is 2.25. The first kappa shape index (κ1) is 26.1. The number of para-hydroxylation sites is 1. The molecule has 184 valence electrons. The third kappa shape index (κ3) is 6.54. The number of thioether (sulfide) groups is 1. The molecule has 0 aromatic heterocycles. The topological polar surface area (TPSA) is 95.6 Å². The molecule has 9 heteroatoms. The summed E-state index contributed by atoms with van der Waals surface area (Å²) >= 11 is 1.41. The second-order valence-electron chi connectivity index (χ2n) is 9.42. The van der Waals surface area contributed by atoms with Crippen LogP contribution in [0.15, 0.2) is 52.3 Å². The van der Waals surface area contributed by atoms with Gasteiger partial charge in [-0.15, -0.1) is 11.8 Å². The van der Waals surface area contributed by atoms with E-state index >= 15 is 0 Å². The maximum Gasteiger partial charge on any atom is 0.261 e. The Morgan fingerprint density at radius 2 is 1.59 bits per heavy atom. The molecule has 0 atom stereocenters. The van der Waals surface area contributed by atoms with E-state index in [9.17, 15) is 18.0 Å². The lowest BCUT2D eigenvalue weighted by atomic mass is 10.1. The van der Waals surface area contributed by atoms with E-state index in [2.05, 4.69) is 10.0 Å². The van der Waals surface area contributed by atoms with Crippen LogP contribution < -0.4 is 10.0 Å². The first-order chi connectivity index (χ1) is 16.0. The molecule has 2 N–H and O–H groups in total. The van der Waals surface area contributed by atoms with E-state index in [1.54, 1.807) is 30.3 Å². The van der Waals surface area contributed by atoms with Crippen molar-refractivity contribution in [2.24, 2.45) is 0 Å². The van der Waals surface area contributed by atoms with Crippen LogP contribution in [0, 0.1) is 0 Å². The van der Waals surface area contributed by atoms with Crippen molar-refractivity contribution in [2.75, 3.05) is 24.1 Å². The fraction of sp³-hybridized carbons (Fsp3) is 0.440. The molecule has 1 aliphatic heterocycles. The minimum Gasteiger partial charge on any atom is -0.347 e. The molecule has 1 saturated heterocycles. The van der Waals surface area contributed by atoms with Gasteiger partial charge in [-0.25, -0.2) is 8.42 Å². The zero-order chi connectivity index (χ0) is 24.9. The largest absolute Gasteiger partial charge is 0.347 e. The Labute approximate surface area is 206 Å². The van der Waals surface area contributed by atoms with E-state index in [4.69, 9.17) is 0 Å². The minimum atomic E-state index is -4.04. The zero-order valence-corrected chi connectivity index (χ0v) is 21.8. The summed E-state index contributed by atoms with van der Waals surface area (Å²) in [5.41, 5.74) is 0.316. The number of benzene rings is 2. The van der Waals surface area contributed by atoms with Crippen LogP contribution in [0.5, 0.6) is 0 Å². The average molecular weight is 504 g/mol. The van der Waals surface area contributed by atoms with Crippen LogP contribution in [0.4, 0.5) is 5.69 Å². The van der Waals surface area contributed by atoms with Crippen molar-refractivity contribution in [3.05, 3.63) is 53.6 Å². The van der Waals surface area contributed by atoms with Crippen LogP contribution in [0.25, 0.3) is 0 Å². The number of hydrogen-bond donors (Lipinski definition) is 2. The standard InChI is InChI=1S/C25H33N3O4S2/c1-25(2,3)26-23(29)19-11-7-8-12-21(19)27-34(31,32)18-13-14-22(33-4)20(17-18)24(30)28-15-9-5-6-10-16-28/h7-8,11-14,17,27H,5-6,9-10,15-16H2,1-4H3,(H,26,29). The summed E-state index contributed by atoms with van der Waals surface area (Å²) in [4.78, 5) is 28.6. The molecule has 0 radical (unpaired) electrons. The van der Waals surface area contributed by atoms with Crippen LogP contribution in [0.3, 0.4) is 0 Å². The maximum atomic E-state index is 13.3. The SMILES string of the molecule is CSc1ccc(S(=O)(=O)Nc2ccccc2C(=O)NC(C)(C)C)cc1C(=O)N1CCCCCC1. The Morgan fingerprint density at radius 1 is 0.941 bits per heavy atom. The number of sulfonamides is 1. The fourth-order valence-corrected chi connectivity index (χ4v) is 5.52. The number of carbonyl (C=O) groups excluding carboxylic acids is 2. The highest BCUT2D eigenvalue weighted by atomic mass is 32.2. The van der Waals surface area contributed by atoms with Gasteiger partial charge in [-0.05, 0) is 70.2 Å². The molecule has 1 aliphatic rings. The number of nitrogens with one attached hydrogen (secondary N) is 2. The molecule has 1 heterocycles. The van der Waals surface area contributed by atoms with Gasteiger partial charge in [0.1, 0.15) is 0 Å².